The van der Waals surface area contributed by atoms with E-state index < -0.39 is 0 Å². The topological polar surface area (TPSA) is 50.1 Å². The van der Waals surface area contributed by atoms with E-state index in [4.69, 9.17) is 0 Å². The molecule has 1 rings (SSSR count). The highest BCUT2D eigenvalue weighted by atomic mass is 16.3. The Balaban J connectivity index is 2.78. The minimum absolute atomic E-state index is 0.0114. The van der Waals surface area contributed by atoms with Crippen LogP contribution in [0.15, 0.2) is 0 Å². The third-order valence-electron chi connectivity index (χ3n) is 3.41. The molecule has 0 atom stereocenters. The van der Waals surface area contributed by atoms with E-state index in [1.54, 1.807) is 0 Å². The number of hydrogen-bond acceptors (Lipinski definition) is 3. The zero-order valence-electron chi connectivity index (χ0n) is 13.5. The average molecular weight is 267 g/mol. The van der Waals surface area contributed by atoms with Gasteiger partial charge in [-0.2, -0.15) is 5.10 Å². The zero-order chi connectivity index (χ0) is 14.8. The minimum Gasteiger partial charge on any atom is -0.396 e. The molecule has 0 aliphatic carbocycles. The SMILES string of the molecule is Cc1nn(C(C)(C)C)c(C)c1CNCC(C)(C)CO. The maximum absolute atomic E-state index is 9.25. The lowest BCUT2D eigenvalue weighted by atomic mass is 9.95. The van der Waals surface area contributed by atoms with E-state index in [9.17, 15) is 5.11 Å². The lowest BCUT2D eigenvalue weighted by molar-refractivity contribution is 0.156. The molecule has 0 radical (unpaired) electrons. The Hall–Kier alpha value is -0.870. The van der Waals surface area contributed by atoms with Crippen molar-refractivity contribution in [2.75, 3.05) is 13.2 Å². The summed E-state index contributed by atoms with van der Waals surface area (Å²) in [6.45, 7) is 16.6. The van der Waals surface area contributed by atoms with Crippen molar-refractivity contribution in [3.8, 4) is 0 Å². The first kappa shape index (κ1) is 16.2. The highest BCUT2D eigenvalue weighted by molar-refractivity contribution is 5.25. The number of rotatable bonds is 5. The molecule has 1 aromatic heterocycles. The van der Waals surface area contributed by atoms with Crippen LogP contribution in [0.5, 0.6) is 0 Å². The highest BCUT2D eigenvalue weighted by Crippen LogP contribution is 2.21. The molecule has 0 amide bonds. The van der Waals surface area contributed by atoms with Crippen LogP contribution in [0.25, 0.3) is 0 Å². The van der Waals surface area contributed by atoms with Crippen molar-refractivity contribution >= 4 is 0 Å². The van der Waals surface area contributed by atoms with Gasteiger partial charge in [-0.3, -0.25) is 4.68 Å². The Morgan fingerprint density at radius 2 is 1.74 bits per heavy atom. The Labute approximate surface area is 117 Å². The normalized spacial score (nSPS) is 13.1. The van der Waals surface area contributed by atoms with Crippen LogP contribution in [0.3, 0.4) is 0 Å². The molecule has 1 heterocycles. The largest absolute Gasteiger partial charge is 0.396 e. The molecule has 0 unspecified atom stereocenters. The van der Waals surface area contributed by atoms with Crippen LogP contribution in [0, 0.1) is 19.3 Å². The quantitative estimate of drug-likeness (QED) is 0.861. The van der Waals surface area contributed by atoms with Gasteiger partial charge in [0.25, 0.3) is 0 Å². The van der Waals surface area contributed by atoms with Crippen molar-refractivity contribution in [2.45, 2.75) is 60.5 Å². The summed E-state index contributed by atoms with van der Waals surface area (Å²) >= 11 is 0. The van der Waals surface area contributed by atoms with Gasteiger partial charge < -0.3 is 10.4 Å². The number of nitrogens with one attached hydrogen (secondary N) is 1. The summed E-state index contributed by atoms with van der Waals surface area (Å²) in [5, 5.41) is 17.3. The molecule has 0 fully saturated rings. The van der Waals surface area contributed by atoms with Crippen molar-refractivity contribution in [1.29, 1.82) is 0 Å². The van der Waals surface area contributed by atoms with Gasteiger partial charge in [0.15, 0.2) is 0 Å². The predicted octanol–water partition coefficient (Wildman–Crippen LogP) is 2.36. The van der Waals surface area contributed by atoms with Gasteiger partial charge in [0.05, 0.1) is 11.2 Å². The lowest BCUT2D eigenvalue weighted by Gasteiger charge is -2.23. The van der Waals surface area contributed by atoms with Gasteiger partial charge in [0.1, 0.15) is 0 Å². The van der Waals surface area contributed by atoms with Crippen LogP contribution >= 0.6 is 0 Å². The monoisotopic (exact) mass is 267 g/mol. The van der Waals surface area contributed by atoms with Gasteiger partial charge in [-0.05, 0) is 34.6 Å². The summed E-state index contributed by atoms with van der Waals surface area (Å²) in [5.41, 5.74) is 3.50. The van der Waals surface area contributed by atoms with Crippen LogP contribution in [-0.2, 0) is 12.1 Å². The van der Waals surface area contributed by atoms with Crippen LogP contribution < -0.4 is 5.32 Å². The summed E-state index contributed by atoms with van der Waals surface area (Å²) < 4.78 is 2.09. The number of nitrogens with zero attached hydrogens (tertiary/aromatic N) is 2. The molecule has 1 aromatic rings. The molecule has 0 spiro atoms. The average Bonchev–Trinajstić information content (AvgIpc) is 2.56. The molecule has 0 saturated heterocycles. The fourth-order valence-corrected chi connectivity index (χ4v) is 2.17. The molecule has 0 aromatic carbocycles. The Morgan fingerprint density at radius 3 is 2.16 bits per heavy atom. The lowest BCUT2D eigenvalue weighted by Crippen LogP contribution is -2.32. The summed E-state index contributed by atoms with van der Waals surface area (Å²) in [4.78, 5) is 0. The number of hydrogen-bond donors (Lipinski definition) is 2. The molecular formula is C15H29N3O. The molecule has 0 aliphatic rings. The van der Waals surface area contributed by atoms with E-state index in [1.165, 1.54) is 11.3 Å². The van der Waals surface area contributed by atoms with Crippen LogP contribution in [-0.4, -0.2) is 28.0 Å². The Bertz CT molecular complexity index is 427. The predicted molar refractivity (Wildman–Crippen MR) is 79.3 cm³/mol. The number of aliphatic hydroxyl groups is 1. The van der Waals surface area contributed by atoms with Crippen LogP contribution in [0.4, 0.5) is 0 Å². The second kappa shape index (κ2) is 5.63. The molecule has 4 nitrogen and oxygen atoms in total. The van der Waals surface area contributed by atoms with Crippen molar-refractivity contribution < 1.29 is 5.11 Å². The summed E-state index contributed by atoms with van der Waals surface area (Å²) in [6.07, 6.45) is 0. The van der Waals surface area contributed by atoms with Gasteiger partial charge in [-0.15, -0.1) is 0 Å². The summed E-state index contributed by atoms with van der Waals surface area (Å²) in [6, 6.07) is 0. The summed E-state index contributed by atoms with van der Waals surface area (Å²) in [7, 11) is 0. The van der Waals surface area contributed by atoms with Gasteiger partial charge >= 0.3 is 0 Å². The highest BCUT2D eigenvalue weighted by Gasteiger charge is 2.21. The van der Waals surface area contributed by atoms with E-state index in [1.807, 2.05) is 0 Å². The van der Waals surface area contributed by atoms with Gasteiger partial charge in [0.2, 0.25) is 0 Å². The Kier molecular flexibility index (Phi) is 4.80. The van der Waals surface area contributed by atoms with Gasteiger partial charge in [0, 0.05) is 36.4 Å². The summed E-state index contributed by atoms with van der Waals surface area (Å²) in [5.74, 6) is 0. The minimum atomic E-state index is -0.0815. The van der Waals surface area contributed by atoms with E-state index in [0.717, 1.165) is 18.8 Å². The maximum atomic E-state index is 9.25. The molecule has 2 N–H and O–H groups in total. The van der Waals surface area contributed by atoms with Crippen molar-refractivity contribution in [1.82, 2.24) is 15.1 Å². The van der Waals surface area contributed by atoms with Crippen molar-refractivity contribution in [3.63, 3.8) is 0 Å². The number of aromatic nitrogens is 2. The molecule has 110 valence electrons. The smallest absolute Gasteiger partial charge is 0.0641 e. The van der Waals surface area contributed by atoms with E-state index in [0.29, 0.717) is 0 Å². The second-order valence-electron chi connectivity index (χ2n) is 7.16. The zero-order valence-corrected chi connectivity index (χ0v) is 13.5. The Morgan fingerprint density at radius 1 is 1.16 bits per heavy atom. The fourth-order valence-electron chi connectivity index (χ4n) is 2.17. The molecule has 4 heteroatoms. The second-order valence-corrected chi connectivity index (χ2v) is 7.16. The van der Waals surface area contributed by atoms with Crippen molar-refractivity contribution in [2.24, 2.45) is 5.41 Å². The third-order valence-corrected chi connectivity index (χ3v) is 3.41. The molecule has 0 saturated carbocycles. The van der Waals surface area contributed by atoms with Crippen LogP contribution in [0.1, 0.15) is 51.6 Å². The molecular weight excluding hydrogens is 238 g/mol. The van der Waals surface area contributed by atoms with E-state index >= 15 is 0 Å². The molecule has 0 aliphatic heterocycles. The molecule has 19 heavy (non-hydrogen) atoms. The van der Waals surface area contributed by atoms with Crippen LogP contribution in [0.2, 0.25) is 0 Å². The van der Waals surface area contributed by atoms with E-state index in [-0.39, 0.29) is 17.6 Å². The van der Waals surface area contributed by atoms with Gasteiger partial charge in [-0.1, -0.05) is 13.8 Å². The fraction of sp³-hybridized carbons (Fsp3) is 0.800. The van der Waals surface area contributed by atoms with Gasteiger partial charge in [-0.25, -0.2) is 0 Å². The number of aliphatic hydroxyl groups excluding tert-OH is 1. The molecule has 0 bridgehead atoms. The maximum Gasteiger partial charge on any atom is 0.0641 e. The first-order valence-corrected chi connectivity index (χ1v) is 6.95. The third kappa shape index (κ3) is 4.05. The first-order chi connectivity index (χ1) is 8.58. The van der Waals surface area contributed by atoms with Crippen molar-refractivity contribution in [3.05, 3.63) is 17.0 Å². The first-order valence-electron chi connectivity index (χ1n) is 6.95. The standard InChI is InChI=1S/C15H29N3O/c1-11-13(8-16-9-15(6,7)10-19)12(2)18(17-11)14(3,4)5/h16,19H,8-10H2,1-7H3. The number of aryl methyl sites for hydroxylation is 1. The van der Waals surface area contributed by atoms with E-state index in [2.05, 4.69) is 63.6 Å².